The number of nitrogens with one attached hydrogen (secondary N) is 1. The molecule has 2 saturated carbocycles. The molecule has 2 aliphatic rings. The molecule has 0 aromatic rings. The largest absolute Gasteiger partial charge is 0.459 e. The summed E-state index contributed by atoms with van der Waals surface area (Å²) in [6.07, 6.45) is 11.1. The average Bonchev–Trinajstić information content (AvgIpc) is 2.61. The minimum atomic E-state index is -1.32. The second kappa shape index (κ2) is 8.75. The van der Waals surface area contributed by atoms with E-state index in [1.165, 1.54) is 0 Å². The van der Waals surface area contributed by atoms with Gasteiger partial charge in [-0.25, -0.2) is 4.79 Å². The molecule has 2 fully saturated rings. The topological polar surface area (TPSA) is 88.4 Å². The van der Waals surface area contributed by atoms with Crippen molar-refractivity contribution in [2.45, 2.75) is 90.6 Å². The van der Waals surface area contributed by atoms with E-state index in [-0.39, 0.29) is 11.8 Å². The first-order valence-corrected chi connectivity index (χ1v) is 9.91. The number of hydrogen-bond donors (Lipinski definition) is 1. The van der Waals surface area contributed by atoms with Gasteiger partial charge in [0.15, 0.2) is 5.41 Å². The molecular formula is C20H32N2O4. The smallest absolute Gasteiger partial charge is 0.350 e. The monoisotopic (exact) mass is 364 g/mol. The predicted molar refractivity (Wildman–Crippen MR) is 96.3 cm³/mol. The fourth-order valence-electron chi connectivity index (χ4n) is 4.72. The van der Waals surface area contributed by atoms with Crippen LogP contribution in [0.5, 0.6) is 0 Å². The number of nitrogens with zero attached hydrogens (tertiary/aromatic N) is 1. The van der Waals surface area contributed by atoms with Gasteiger partial charge in [0, 0.05) is 0 Å². The first-order chi connectivity index (χ1) is 12.3. The van der Waals surface area contributed by atoms with Gasteiger partial charge >= 0.3 is 11.9 Å². The van der Waals surface area contributed by atoms with Gasteiger partial charge in [-0.1, -0.05) is 38.5 Å². The van der Waals surface area contributed by atoms with E-state index >= 15 is 0 Å². The van der Waals surface area contributed by atoms with Crippen LogP contribution in [0, 0.1) is 28.7 Å². The zero-order valence-electron chi connectivity index (χ0n) is 16.3. The number of nitriles is 1. The van der Waals surface area contributed by atoms with Crippen LogP contribution in [-0.2, 0) is 19.2 Å². The normalized spacial score (nSPS) is 20.1. The lowest BCUT2D eigenvalue weighted by Crippen LogP contribution is -2.55. The molecule has 0 aliphatic heterocycles. The van der Waals surface area contributed by atoms with E-state index in [9.17, 15) is 9.59 Å². The van der Waals surface area contributed by atoms with Crippen molar-refractivity contribution in [3.8, 4) is 6.19 Å². The second-order valence-electron chi connectivity index (χ2n) is 8.64. The van der Waals surface area contributed by atoms with Gasteiger partial charge in [-0.3, -0.25) is 4.79 Å². The van der Waals surface area contributed by atoms with Gasteiger partial charge in [0.05, 0.1) is 0 Å². The number of ether oxygens (including phenoxy) is 1. The molecule has 0 heterocycles. The Bertz CT molecular complexity index is 517. The zero-order chi connectivity index (χ0) is 19.2. The first-order valence-electron chi connectivity index (χ1n) is 9.91. The van der Waals surface area contributed by atoms with Crippen LogP contribution >= 0.6 is 0 Å². The summed E-state index contributed by atoms with van der Waals surface area (Å²) < 4.78 is 5.76. The van der Waals surface area contributed by atoms with E-state index in [1.807, 2.05) is 26.3 Å². The lowest BCUT2D eigenvalue weighted by Gasteiger charge is -2.45. The lowest BCUT2D eigenvalue weighted by molar-refractivity contribution is -0.195. The summed E-state index contributed by atoms with van der Waals surface area (Å²) >= 11 is 0. The zero-order valence-corrected chi connectivity index (χ0v) is 16.3. The number of carbonyl (C=O) groups excluding carboxylic acids is 2. The molecule has 0 radical (unpaired) electrons. The Kier molecular flexibility index (Phi) is 6.91. The van der Waals surface area contributed by atoms with Gasteiger partial charge in [-0.15, -0.1) is 0 Å². The summed E-state index contributed by atoms with van der Waals surface area (Å²) in [4.78, 5) is 31.7. The molecule has 2 rings (SSSR count). The summed E-state index contributed by atoms with van der Waals surface area (Å²) in [7, 11) is 0. The van der Waals surface area contributed by atoms with E-state index in [1.54, 1.807) is 6.19 Å². The van der Waals surface area contributed by atoms with Gasteiger partial charge in [0.1, 0.15) is 5.60 Å². The van der Waals surface area contributed by atoms with Crippen LogP contribution < -0.4 is 5.48 Å². The highest BCUT2D eigenvalue weighted by Crippen LogP contribution is 2.51. The summed E-state index contributed by atoms with van der Waals surface area (Å²) in [6, 6.07) is 0. The number of esters is 1. The second-order valence-corrected chi connectivity index (χ2v) is 8.64. The molecule has 0 aromatic heterocycles. The van der Waals surface area contributed by atoms with E-state index in [4.69, 9.17) is 14.8 Å². The van der Waals surface area contributed by atoms with Gasteiger partial charge in [-0.05, 0) is 58.3 Å². The number of rotatable bonds is 5. The molecule has 6 heteroatoms. The van der Waals surface area contributed by atoms with Crippen molar-refractivity contribution in [3.05, 3.63) is 0 Å². The van der Waals surface area contributed by atoms with Gasteiger partial charge in [-0.2, -0.15) is 10.7 Å². The van der Waals surface area contributed by atoms with E-state index in [0.29, 0.717) is 0 Å². The Morgan fingerprint density at radius 3 is 1.73 bits per heavy atom. The maximum Gasteiger partial charge on any atom is 0.350 e. The quantitative estimate of drug-likeness (QED) is 0.261. The Morgan fingerprint density at radius 1 is 0.885 bits per heavy atom. The van der Waals surface area contributed by atoms with Crippen molar-refractivity contribution in [3.63, 3.8) is 0 Å². The average molecular weight is 364 g/mol. The fourth-order valence-corrected chi connectivity index (χ4v) is 4.72. The molecule has 0 bridgehead atoms. The van der Waals surface area contributed by atoms with Crippen molar-refractivity contribution in [2.24, 2.45) is 17.3 Å². The summed E-state index contributed by atoms with van der Waals surface area (Å²) in [5, 5.41) is 8.77. The Morgan fingerprint density at radius 2 is 1.35 bits per heavy atom. The molecule has 1 N–H and O–H groups in total. The van der Waals surface area contributed by atoms with Crippen LogP contribution in [0.15, 0.2) is 0 Å². The Hall–Kier alpha value is -1.77. The molecule has 0 unspecified atom stereocenters. The Labute approximate surface area is 156 Å². The van der Waals surface area contributed by atoms with Gasteiger partial charge in [0.25, 0.3) is 0 Å². The number of carbonyl (C=O) groups is 2. The highest BCUT2D eigenvalue weighted by atomic mass is 16.7. The molecule has 0 saturated heterocycles. The maximum atomic E-state index is 13.5. The minimum Gasteiger partial charge on any atom is -0.459 e. The van der Waals surface area contributed by atoms with Crippen molar-refractivity contribution >= 4 is 11.9 Å². The van der Waals surface area contributed by atoms with Crippen LogP contribution in [-0.4, -0.2) is 17.5 Å². The number of hydrogen-bond acceptors (Lipinski definition) is 6. The van der Waals surface area contributed by atoms with Gasteiger partial charge < -0.3 is 9.57 Å². The predicted octanol–water partition coefficient (Wildman–Crippen LogP) is 4.00. The third kappa shape index (κ3) is 4.49. The molecular weight excluding hydrogens is 332 g/mol. The molecule has 0 atom stereocenters. The number of hydroxylamine groups is 1. The van der Waals surface area contributed by atoms with Gasteiger partial charge in [0.2, 0.25) is 6.19 Å². The van der Waals surface area contributed by atoms with Crippen molar-refractivity contribution in [1.82, 2.24) is 5.48 Å². The first kappa shape index (κ1) is 20.5. The molecule has 2 aliphatic carbocycles. The standard InChI is InChI=1S/C20H32N2O4/c1-19(2,3)25-17(23)20(18(24)26-22-14-21,15-10-6-4-7-11-15)16-12-8-5-9-13-16/h15-16,22H,4-13H2,1-3H3. The van der Waals surface area contributed by atoms with Crippen LogP contribution in [0.4, 0.5) is 0 Å². The third-order valence-corrected chi connectivity index (χ3v) is 5.76. The van der Waals surface area contributed by atoms with E-state index in [0.717, 1.165) is 64.2 Å². The van der Waals surface area contributed by atoms with Crippen LogP contribution in [0.1, 0.15) is 85.0 Å². The highest BCUT2D eigenvalue weighted by Gasteiger charge is 2.60. The van der Waals surface area contributed by atoms with E-state index in [2.05, 4.69) is 0 Å². The summed E-state index contributed by atoms with van der Waals surface area (Å²) in [5.74, 6) is -1.31. The highest BCUT2D eigenvalue weighted by molar-refractivity contribution is 6.01. The third-order valence-electron chi connectivity index (χ3n) is 5.76. The van der Waals surface area contributed by atoms with Crippen LogP contribution in [0.2, 0.25) is 0 Å². The molecule has 0 amide bonds. The van der Waals surface area contributed by atoms with Crippen molar-refractivity contribution < 1.29 is 19.2 Å². The molecule has 6 nitrogen and oxygen atoms in total. The molecule has 146 valence electrons. The summed E-state index contributed by atoms with van der Waals surface area (Å²) in [6.45, 7) is 5.45. The summed E-state index contributed by atoms with van der Waals surface area (Å²) in [5.41, 5.74) is -0.00996. The fraction of sp³-hybridized carbons (Fsp3) is 0.850. The van der Waals surface area contributed by atoms with Crippen LogP contribution in [0.3, 0.4) is 0 Å². The van der Waals surface area contributed by atoms with Crippen molar-refractivity contribution in [1.29, 1.82) is 5.26 Å². The molecule has 0 spiro atoms. The van der Waals surface area contributed by atoms with E-state index < -0.39 is 23.0 Å². The Balaban J connectivity index is 2.47. The SMILES string of the molecule is CC(C)(C)OC(=O)C(C(=O)ONC#N)(C1CCCCC1)C1CCCCC1. The maximum absolute atomic E-state index is 13.5. The minimum absolute atomic E-state index is 0.0952. The molecule has 0 aromatic carbocycles. The lowest BCUT2D eigenvalue weighted by atomic mass is 9.58. The molecule has 26 heavy (non-hydrogen) atoms. The van der Waals surface area contributed by atoms with Crippen molar-refractivity contribution in [2.75, 3.05) is 0 Å². The van der Waals surface area contributed by atoms with Crippen LogP contribution in [0.25, 0.3) is 0 Å².